The van der Waals surface area contributed by atoms with Crippen LogP contribution in [0, 0.1) is 5.82 Å². The zero-order chi connectivity index (χ0) is 19.4. The molecule has 3 N–H and O–H groups in total. The summed E-state index contributed by atoms with van der Waals surface area (Å²) in [5, 5.41) is 2.60. The first-order valence-electron chi connectivity index (χ1n) is 8.08. The number of nitrogen functional groups attached to an aromatic ring is 1. The standard InChI is InChI=1S/C20H18FN3O3/c1-26-16-8-4-7-14(18(16)27-2)15-9-10-17(23-19(15)22)24-20(25)12-5-3-6-13(21)11-12/h3-11H,1-2H3,(H3,22,23,24,25). The number of carbonyl (C=O) groups is 1. The van der Waals surface area contributed by atoms with Crippen molar-refractivity contribution in [3.05, 3.63) is 66.0 Å². The first-order chi connectivity index (χ1) is 13.0. The van der Waals surface area contributed by atoms with Crippen LogP contribution in [0.15, 0.2) is 54.6 Å². The van der Waals surface area contributed by atoms with Crippen molar-refractivity contribution < 1.29 is 18.7 Å². The number of rotatable bonds is 5. The maximum Gasteiger partial charge on any atom is 0.256 e. The number of aromatic nitrogens is 1. The fraction of sp³-hybridized carbons (Fsp3) is 0.100. The normalized spacial score (nSPS) is 10.3. The number of amides is 1. The molecule has 3 aromatic rings. The molecule has 0 aliphatic rings. The van der Waals surface area contributed by atoms with E-state index in [1.165, 1.54) is 18.2 Å². The lowest BCUT2D eigenvalue weighted by atomic mass is 10.0. The number of ether oxygens (including phenoxy) is 2. The van der Waals surface area contributed by atoms with E-state index in [-0.39, 0.29) is 17.2 Å². The second kappa shape index (κ2) is 7.74. The molecule has 138 valence electrons. The van der Waals surface area contributed by atoms with Gasteiger partial charge in [0.05, 0.1) is 14.2 Å². The van der Waals surface area contributed by atoms with Crippen molar-refractivity contribution in [3.8, 4) is 22.6 Å². The minimum Gasteiger partial charge on any atom is -0.493 e. The Labute approximate surface area is 155 Å². The molecule has 0 radical (unpaired) electrons. The van der Waals surface area contributed by atoms with Gasteiger partial charge >= 0.3 is 0 Å². The minimum absolute atomic E-state index is 0.189. The van der Waals surface area contributed by atoms with Crippen molar-refractivity contribution in [2.45, 2.75) is 0 Å². The SMILES string of the molecule is COc1cccc(-c2ccc(NC(=O)c3cccc(F)c3)nc2N)c1OC. The van der Waals surface area contributed by atoms with Crippen molar-refractivity contribution >= 4 is 17.5 Å². The molecule has 1 amide bonds. The monoisotopic (exact) mass is 367 g/mol. The predicted molar refractivity (Wildman–Crippen MR) is 102 cm³/mol. The van der Waals surface area contributed by atoms with E-state index in [9.17, 15) is 9.18 Å². The number of halogens is 1. The Morgan fingerprint density at radius 2 is 1.81 bits per heavy atom. The van der Waals surface area contributed by atoms with Crippen LogP contribution in [0.3, 0.4) is 0 Å². The zero-order valence-electron chi connectivity index (χ0n) is 14.8. The van der Waals surface area contributed by atoms with Gasteiger partial charge in [0.15, 0.2) is 11.5 Å². The molecule has 7 heteroatoms. The molecule has 2 aromatic carbocycles. The van der Waals surface area contributed by atoms with E-state index < -0.39 is 11.7 Å². The van der Waals surface area contributed by atoms with Gasteiger partial charge in [0.1, 0.15) is 17.5 Å². The molecule has 1 aromatic heterocycles. The fourth-order valence-corrected chi connectivity index (χ4v) is 2.69. The van der Waals surface area contributed by atoms with Crippen LogP contribution in [-0.2, 0) is 0 Å². The quantitative estimate of drug-likeness (QED) is 0.717. The van der Waals surface area contributed by atoms with Gasteiger partial charge in [0, 0.05) is 16.7 Å². The van der Waals surface area contributed by atoms with Crippen LogP contribution >= 0.6 is 0 Å². The molecule has 0 aliphatic heterocycles. The molecule has 0 fully saturated rings. The van der Waals surface area contributed by atoms with Crippen LogP contribution in [0.5, 0.6) is 11.5 Å². The Morgan fingerprint density at radius 1 is 1.04 bits per heavy atom. The molecule has 0 aliphatic carbocycles. The average molecular weight is 367 g/mol. The highest BCUT2D eigenvalue weighted by Gasteiger charge is 2.15. The van der Waals surface area contributed by atoms with Crippen LogP contribution in [0.25, 0.3) is 11.1 Å². The molecule has 0 saturated carbocycles. The van der Waals surface area contributed by atoms with Gasteiger partial charge in [0.25, 0.3) is 5.91 Å². The summed E-state index contributed by atoms with van der Waals surface area (Å²) in [6, 6.07) is 14.1. The lowest BCUT2D eigenvalue weighted by molar-refractivity contribution is 0.102. The molecular formula is C20H18FN3O3. The van der Waals surface area contributed by atoms with E-state index in [0.717, 1.165) is 6.07 Å². The van der Waals surface area contributed by atoms with Gasteiger partial charge < -0.3 is 20.5 Å². The summed E-state index contributed by atoms with van der Waals surface area (Å²) >= 11 is 0. The van der Waals surface area contributed by atoms with Crippen molar-refractivity contribution in [1.29, 1.82) is 0 Å². The summed E-state index contributed by atoms with van der Waals surface area (Å²) in [6.07, 6.45) is 0. The number of benzene rings is 2. The van der Waals surface area contributed by atoms with E-state index in [2.05, 4.69) is 10.3 Å². The number of anilines is 2. The number of nitrogens with zero attached hydrogens (tertiary/aromatic N) is 1. The Kier molecular flexibility index (Phi) is 5.21. The Balaban J connectivity index is 1.90. The Hall–Kier alpha value is -3.61. The van der Waals surface area contributed by atoms with Crippen LogP contribution in [-0.4, -0.2) is 25.1 Å². The summed E-state index contributed by atoms with van der Waals surface area (Å²) in [5.74, 6) is 0.595. The maximum atomic E-state index is 13.3. The molecule has 0 atom stereocenters. The number of para-hydroxylation sites is 1. The third kappa shape index (κ3) is 3.82. The molecule has 1 heterocycles. The van der Waals surface area contributed by atoms with Crippen LogP contribution < -0.4 is 20.5 Å². The number of nitrogens with two attached hydrogens (primary N) is 1. The lowest BCUT2D eigenvalue weighted by Crippen LogP contribution is -2.13. The van der Waals surface area contributed by atoms with Crippen LogP contribution in [0.1, 0.15) is 10.4 Å². The third-order valence-corrected chi connectivity index (χ3v) is 3.95. The molecular weight excluding hydrogens is 349 g/mol. The number of carbonyl (C=O) groups excluding carboxylic acids is 1. The van der Waals surface area contributed by atoms with Gasteiger partial charge in [-0.25, -0.2) is 9.37 Å². The molecule has 6 nitrogen and oxygen atoms in total. The summed E-state index contributed by atoms with van der Waals surface area (Å²) in [5.41, 5.74) is 7.62. The molecule has 27 heavy (non-hydrogen) atoms. The predicted octanol–water partition coefficient (Wildman–Crippen LogP) is 3.74. The second-order valence-electron chi connectivity index (χ2n) is 5.63. The smallest absolute Gasteiger partial charge is 0.256 e. The van der Waals surface area contributed by atoms with E-state index in [1.807, 2.05) is 12.1 Å². The summed E-state index contributed by atoms with van der Waals surface area (Å²) in [4.78, 5) is 16.4. The number of methoxy groups -OCH3 is 2. The molecule has 0 saturated heterocycles. The van der Waals surface area contributed by atoms with Crippen molar-refractivity contribution in [1.82, 2.24) is 4.98 Å². The van der Waals surface area contributed by atoms with Crippen LogP contribution in [0.4, 0.5) is 16.0 Å². The van der Waals surface area contributed by atoms with Gasteiger partial charge in [-0.15, -0.1) is 0 Å². The highest BCUT2D eigenvalue weighted by Crippen LogP contribution is 2.39. The second-order valence-corrected chi connectivity index (χ2v) is 5.63. The molecule has 0 bridgehead atoms. The van der Waals surface area contributed by atoms with E-state index >= 15 is 0 Å². The number of nitrogens with one attached hydrogen (secondary N) is 1. The first-order valence-corrected chi connectivity index (χ1v) is 8.08. The minimum atomic E-state index is -0.490. The number of hydrogen-bond donors (Lipinski definition) is 2. The lowest BCUT2D eigenvalue weighted by Gasteiger charge is -2.14. The molecule has 0 spiro atoms. The maximum absolute atomic E-state index is 13.3. The van der Waals surface area contributed by atoms with Gasteiger partial charge in [0.2, 0.25) is 0 Å². The number of pyridine rings is 1. The Bertz CT molecular complexity index is 992. The summed E-state index contributed by atoms with van der Waals surface area (Å²) in [7, 11) is 3.09. The summed E-state index contributed by atoms with van der Waals surface area (Å²) < 4.78 is 24.0. The van der Waals surface area contributed by atoms with Gasteiger partial charge in [-0.1, -0.05) is 18.2 Å². The topological polar surface area (TPSA) is 86.5 Å². The van der Waals surface area contributed by atoms with Gasteiger partial charge in [-0.3, -0.25) is 4.79 Å². The zero-order valence-corrected chi connectivity index (χ0v) is 14.8. The first kappa shape index (κ1) is 18.2. The van der Waals surface area contributed by atoms with Crippen molar-refractivity contribution in [2.75, 3.05) is 25.3 Å². The average Bonchev–Trinajstić information content (AvgIpc) is 2.67. The molecule has 0 unspecified atom stereocenters. The Morgan fingerprint density at radius 3 is 2.48 bits per heavy atom. The van der Waals surface area contributed by atoms with Gasteiger partial charge in [-0.05, 0) is 36.4 Å². The van der Waals surface area contributed by atoms with E-state index in [0.29, 0.717) is 22.6 Å². The van der Waals surface area contributed by atoms with Crippen molar-refractivity contribution in [3.63, 3.8) is 0 Å². The van der Waals surface area contributed by atoms with E-state index in [1.54, 1.807) is 32.4 Å². The van der Waals surface area contributed by atoms with Crippen LogP contribution in [0.2, 0.25) is 0 Å². The highest BCUT2D eigenvalue weighted by molar-refractivity contribution is 6.04. The van der Waals surface area contributed by atoms with E-state index in [4.69, 9.17) is 15.2 Å². The highest BCUT2D eigenvalue weighted by atomic mass is 19.1. The van der Waals surface area contributed by atoms with Gasteiger partial charge in [-0.2, -0.15) is 0 Å². The number of hydrogen-bond acceptors (Lipinski definition) is 5. The largest absolute Gasteiger partial charge is 0.493 e. The fourth-order valence-electron chi connectivity index (χ4n) is 2.69. The molecule has 3 rings (SSSR count). The summed E-state index contributed by atoms with van der Waals surface area (Å²) in [6.45, 7) is 0. The van der Waals surface area contributed by atoms with Crippen molar-refractivity contribution in [2.24, 2.45) is 0 Å². The third-order valence-electron chi connectivity index (χ3n) is 3.95.